The van der Waals surface area contributed by atoms with Crippen LogP contribution in [-0.4, -0.2) is 120 Å². The number of rotatable bonds is 23. The van der Waals surface area contributed by atoms with E-state index in [0.717, 1.165) is 238 Å². The molecule has 26 aliphatic carbocycles. The molecule has 26 rings (SSSR count). The molecule has 0 heterocycles. The van der Waals surface area contributed by atoms with Gasteiger partial charge in [0, 0.05) is 100 Å². The molecule has 45 atom stereocenters. The number of hydrogen-bond acceptors (Lipinski definition) is 18. The molecule has 18 heteroatoms. The molecule has 0 N–H and O–H groups in total. The molecule has 22 fully saturated rings. The second-order valence-corrected chi connectivity index (χ2v) is 53.9. The van der Waals surface area contributed by atoms with E-state index in [1.807, 2.05) is 20.8 Å². The first-order valence-electron chi connectivity index (χ1n) is 57.4. The Balaban J connectivity index is 0.000000105. The number of methoxy groups -OCH3 is 2. The lowest BCUT2D eigenvalue weighted by atomic mass is 9.54. The fourth-order valence-electron chi connectivity index (χ4n) is 39.7. The van der Waals surface area contributed by atoms with Gasteiger partial charge in [0.05, 0.1) is 18.6 Å². The van der Waals surface area contributed by atoms with Gasteiger partial charge in [0.15, 0.2) is 0 Å². The summed E-state index contributed by atoms with van der Waals surface area (Å²) in [5.74, 6) is 26.8. The molecule has 0 spiro atoms. The van der Waals surface area contributed by atoms with E-state index in [1.54, 1.807) is 69.6 Å². The summed E-state index contributed by atoms with van der Waals surface area (Å²) in [7, 11) is 3.41. The van der Waals surface area contributed by atoms with Gasteiger partial charge < -0.3 is 47.4 Å². The minimum atomic E-state index is -0.460. The maximum Gasteiger partial charge on any atom is 0.333 e. The van der Waals surface area contributed by atoms with E-state index in [9.17, 15) is 38.4 Å². The van der Waals surface area contributed by atoms with Crippen molar-refractivity contribution in [1.82, 2.24) is 0 Å². The normalized spacial score (nSPS) is 47.7. The highest BCUT2D eigenvalue weighted by molar-refractivity contribution is 5.91. The van der Waals surface area contributed by atoms with Crippen LogP contribution in [0.1, 0.15) is 303 Å². The third-order valence-corrected chi connectivity index (χ3v) is 45.6. The second-order valence-electron chi connectivity index (χ2n) is 53.9. The van der Waals surface area contributed by atoms with Gasteiger partial charge in [-0.1, -0.05) is 122 Å². The number of carbonyl (C=O) groups is 8. The molecule has 45 unspecified atom stereocenters. The minimum Gasteiger partial charge on any atom is -0.456 e. The van der Waals surface area contributed by atoms with Crippen LogP contribution in [0, 0.1) is 218 Å². The van der Waals surface area contributed by atoms with Crippen LogP contribution in [0.2, 0.25) is 0 Å². The SMILES string of the molecule is C=C(C)C(=O)OC1(C)CC2C=CC1(COC)C2.C=C(C)C(=O)OC1(C)CC2C=CC1C2.C=C(C)C(=O)OC1(C)CC2C=CC1C2COC.C=C(C)C(=O)OC1(C)CC2CC1C1C3C=CC(C3)C21.C=C(C)C(=O)OC1(C)CC2CC1C1C3CCC(C3)C21.C=C(C)C(=O)OC1(CC)CC2CC1C1C3CC(C4CCC43)C21.C=C(C)C(=O)OC1(CC)CC2CC1C1C3CCC(C3)C21.C=C(C)C(=O)OC1(CC)CC2CC1C1CCC21. The summed E-state index contributed by atoms with van der Waals surface area (Å²) < 4.78 is 57.1. The van der Waals surface area contributed by atoms with Crippen LogP contribution in [0.4, 0.5) is 0 Å². The average Bonchev–Trinajstić information content (AvgIpc) is 1.51. The van der Waals surface area contributed by atoms with Crippen LogP contribution in [-0.2, 0) is 85.7 Å². The molecule has 0 aromatic heterocycles. The van der Waals surface area contributed by atoms with Crippen molar-refractivity contribution in [2.45, 2.75) is 348 Å². The Morgan fingerprint density at radius 3 is 1.14 bits per heavy atom. The zero-order chi connectivity index (χ0) is 104. The first-order chi connectivity index (χ1) is 68.6. The molecular weight excluding hydrogens is 1810 g/mol. The average molecular weight is 1990 g/mol. The number of ether oxygens (including phenoxy) is 10. The first kappa shape index (κ1) is 106. The monoisotopic (exact) mass is 1990 g/mol. The molecule has 22 saturated carbocycles. The number of fused-ring (bicyclic) bond motifs is 50. The van der Waals surface area contributed by atoms with Crippen molar-refractivity contribution in [3.05, 3.63) is 146 Å². The molecule has 0 radical (unpaired) electrons. The molecule has 0 aliphatic heterocycles. The fraction of sp³-hybridized carbons (Fsp3) is 0.748. The summed E-state index contributed by atoms with van der Waals surface area (Å²) >= 11 is 0. The molecule has 0 aromatic rings. The summed E-state index contributed by atoms with van der Waals surface area (Å²) in [6.45, 7) is 61.7. The maximum atomic E-state index is 12.2. The van der Waals surface area contributed by atoms with Gasteiger partial charge in [0.1, 0.15) is 44.8 Å². The van der Waals surface area contributed by atoms with Gasteiger partial charge in [0.25, 0.3) is 0 Å². The Morgan fingerprint density at radius 2 is 0.683 bits per heavy atom. The molecule has 145 heavy (non-hydrogen) atoms. The van der Waals surface area contributed by atoms with Gasteiger partial charge in [-0.25, -0.2) is 38.4 Å². The highest BCUT2D eigenvalue weighted by atomic mass is 16.6. The predicted octanol–water partition coefficient (Wildman–Crippen LogP) is 25.7. The van der Waals surface area contributed by atoms with E-state index in [2.05, 4.69) is 136 Å². The minimum absolute atomic E-state index is 0.151. The van der Waals surface area contributed by atoms with Crippen LogP contribution in [0.15, 0.2) is 146 Å². The lowest BCUT2D eigenvalue weighted by molar-refractivity contribution is -0.171. The number of hydrogen-bond donors (Lipinski definition) is 0. The molecule has 24 bridgehead atoms. The van der Waals surface area contributed by atoms with E-state index in [1.165, 1.54) is 109 Å². The molecule has 794 valence electrons. The Labute approximate surface area is 868 Å². The zero-order valence-electron chi connectivity index (χ0n) is 91.5. The predicted molar refractivity (Wildman–Crippen MR) is 561 cm³/mol. The van der Waals surface area contributed by atoms with Gasteiger partial charge in [-0.05, 0) is 454 Å². The summed E-state index contributed by atoms with van der Waals surface area (Å²) in [6, 6.07) is 0. The fourth-order valence-corrected chi connectivity index (χ4v) is 39.7. The molecule has 26 aliphatic rings. The van der Waals surface area contributed by atoms with E-state index in [0.29, 0.717) is 110 Å². The summed E-state index contributed by atoms with van der Waals surface area (Å²) in [5, 5.41) is 0. The van der Waals surface area contributed by atoms with Gasteiger partial charge in [-0.15, -0.1) is 0 Å². The molecular formula is C127H178O18. The third kappa shape index (κ3) is 18.1. The Morgan fingerprint density at radius 1 is 0.283 bits per heavy atom. The van der Waals surface area contributed by atoms with E-state index in [-0.39, 0.29) is 92.7 Å². The number of carbonyl (C=O) groups excluding carboxylic acids is 8. The Hall–Kier alpha value is -7.44. The Kier molecular flexibility index (Phi) is 28.8. The smallest absolute Gasteiger partial charge is 0.333 e. The van der Waals surface area contributed by atoms with Gasteiger partial charge >= 0.3 is 47.8 Å². The van der Waals surface area contributed by atoms with Crippen LogP contribution >= 0.6 is 0 Å². The van der Waals surface area contributed by atoms with Crippen molar-refractivity contribution < 1.29 is 85.7 Å². The number of allylic oxidation sites excluding steroid dienone is 5. The molecule has 0 aromatic carbocycles. The topological polar surface area (TPSA) is 229 Å². The third-order valence-electron chi connectivity index (χ3n) is 45.6. The number of esters is 8. The summed E-state index contributed by atoms with van der Waals surface area (Å²) in [4.78, 5) is 94.7. The Bertz CT molecular complexity index is 5320. The van der Waals surface area contributed by atoms with Gasteiger partial charge in [-0.3, -0.25) is 0 Å². The van der Waals surface area contributed by atoms with Crippen LogP contribution in [0.25, 0.3) is 0 Å². The van der Waals surface area contributed by atoms with Crippen LogP contribution in [0.5, 0.6) is 0 Å². The van der Waals surface area contributed by atoms with Gasteiger partial charge in [-0.2, -0.15) is 0 Å². The lowest BCUT2D eigenvalue weighted by Crippen LogP contribution is -2.51. The summed E-state index contributed by atoms with van der Waals surface area (Å²) in [5.41, 5.74) is 1.89. The quantitative estimate of drug-likeness (QED) is 0.0304. The van der Waals surface area contributed by atoms with Crippen molar-refractivity contribution in [2.24, 2.45) is 218 Å². The van der Waals surface area contributed by atoms with E-state index >= 15 is 0 Å². The van der Waals surface area contributed by atoms with Crippen molar-refractivity contribution >= 4 is 47.8 Å². The van der Waals surface area contributed by atoms with Crippen molar-refractivity contribution in [2.75, 3.05) is 27.4 Å². The lowest BCUT2D eigenvalue weighted by Gasteiger charge is -2.52. The highest BCUT2D eigenvalue weighted by Gasteiger charge is 2.75. The molecule has 0 saturated heterocycles. The summed E-state index contributed by atoms with van der Waals surface area (Å²) in [6.07, 6.45) is 55.3. The van der Waals surface area contributed by atoms with Crippen molar-refractivity contribution in [1.29, 1.82) is 0 Å². The standard InChI is InChI=1S/C20H28O2.C18H26O2.C17H24O2.C17H22O2.C15H22O2.2C14H20O3.C12H16O2/c1-4-20(22-19(21)10(2)3)9-11-7-16(20)18-15-8-14(17(11)18)12-5-6-13(12)15;1-4-18(20-17(19)10(2)3)9-13-8-14(18)16-12-6-5-11(7-12)15(13)16;2*1-9(2)16(18)19-17(3)8-12-7-13(17)15-11-5-4-10(6-11)14(12)15;1-4-15(17-14(16)9(2)3)8-10-7-13(15)12-6-5-11(10)12;1-10(2)12(15)17-13(3)7-11-5-6-14(13,8-11)9-16-4;1-9(2)13(15)17-14(3)7-10-5-6-12(14)11(10)8-16-4;1-8(2)11(13)14-12(3)7-9-4-5-10(12)6-9/h11-18H,2,4-9H2,1,3H3;11-16H,2,4-9H2,1,3H3;10-15H,1,4-8H2,2-3H3;4-5,10-15H,1,6-8H2,2-3H3;10-13H,2,4-8H2,1,3H3;5-6,11H,1,7-9H2,2-4H3;5-6,10-12H,1,7-8H2,2-4H3;4-5,9-10H,1,6-7H2,2-3H3. The second kappa shape index (κ2) is 39.3. The van der Waals surface area contributed by atoms with Crippen LogP contribution < -0.4 is 0 Å². The zero-order valence-corrected chi connectivity index (χ0v) is 91.5. The van der Waals surface area contributed by atoms with Crippen molar-refractivity contribution in [3.63, 3.8) is 0 Å². The highest BCUT2D eigenvalue weighted by Crippen LogP contribution is 2.78. The first-order valence-corrected chi connectivity index (χ1v) is 57.4. The van der Waals surface area contributed by atoms with Gasteiger partial charge in [0.2, 0.25) is 0 Å². The molecule has 0 amide bonds. The van der Waals surface area contributed by atoms with E-state index < -0.39 is 11.2 Å². The van der Waals surface area contributed by atoms with E-state index in [4.69, 9.17) is 47.4 Å². The maximum absolute atomic E-state index is 12.2. The van der Waals surface area contributed by atoms with Crippen LogP contribution in [0.3, 0.4) is 0 Å². The largest absolute Gasteiger partial charge is 0.456 e. The molecule has 18 nitrogen and oxygen atoms in total. The van der Waals surface area contributed by atoms with Crippen molar-refractivity contribution in [3.8, 4) is 0 Å².